The lowest BCUT2D eigenvalue weighted by Gasteiger charge is -2.29. The van der Waals surface area contributed by atoms with E-state index in [0.29, 0.717) is 17.3 Å². The third kappa shape index (κ3) is 2.35. The number of benzene rings is 1. The number of carbonyl (C=O) groups excluding carboxylic acids is 1. The number of hydrogen-bond acceptors (Lipinski definition) is 3. The van der Waals surface area contributed by atoms with Crippen LogP contribution in [0.25, 0.3) is 0 Å². The summed E-state index contributed by atoms with van der Waals surface area (Å²) in [6.45, 7) is 2.24. The first-order valence-corrected chi connectivity index (χ1v) is 7.50. The van der Waals surface area contributed by atoms with Crippen LogP contribution in [0.2, 0.25) is 0 Å². The fraction of sp³-hybridized carbons (Fsp3) is 0.562. The van der Waals surface area contributed by atoms with E-state index in [1.165, 1.54) is 25.7 Å². The number of rotatable bonds is 4. The molecule has 1 aromatic rings. The Morgan fingerprint density at radius 1 is 1.35 bits per heavy atom. The molecule has 2 aliphatic carbocycles. The summed E-state index contributed by atoms with van der Waals surface area (Å²) in [5, 5.41) is 3.53. The Kier molecular flexibility index (Phi) is 3.32. The molecule has 20 heavy (non-hydrogen) atoms. The molecule has 4 atom stereocenters. The van der Waals surface area contributed by atoms with Crippen LogP contribution in [0.5, 0.6) is 0 Å². The average Bonchev–Trinajstić information content (AvgIpc) is 3.03. The molecule has 2 saturated carbocycles. The first kappa shape index (κ1) is 13.3. The van der Waals surface area contributed by atoms with Gasteiger partial charge in [-0.2, -0.15) is 0 Å². The number of nitrogen functional groups attached to an aromatic ring is 1. The van der Waals surface area contributed by atoms with Gasteiger partial charge in [0.25, 0.3) is 0 Å². The first-order valence-electron chi connectivity index (χ1n) is 7.50. The van der Waals surface area contributed by atoms with Crippen LogP contribution in [0, 0.1) is 17.8 Å². The molecular weight excluding hydrogens is 250 g/mol. The van der Waals surface area contributed by atoms with Crippen molar-refractivity contribution in [2.75, 3.05) is 11.1 Å². The second-order valence-electron chi connectivity index (χ2n) is 6.44. The third-order valence-corrected chi connectivity index (χ3v) is 5.15. The smallest absolute Gasteiger partial charge is 0.248 e. The van der Waals surface area contributed by atoms with Gasteiger partial charge in [-0.25, -0.2) is 0 Å². The number of nitrogens with one attached hydrogen (secondary N) is 1. The van der Waals surface area contributed by atoms with Gasteiger partial charge in [-0.05, 0) is 62.1 Å². The molecule has 5 N–H and O–H groups in total. The zero-order valence-electron chi connectivity index (χ0n) is 11.9. The number of fused-ring (bicyclic) bond motifs is 2. The van der Waals surface area contributed by atoms with E-state index in [1.807, 2.05) is 6.07 Å². The van der Waals surface area contributed by atoms with Crippen molar-refractivity contribution in [1.29, 1.82) is 0 Å². The molecule has 3 rings (SSSR count). The average molecular weight is 273 g/mol. The van der Waals surface area contributed by atoms with Crippen molar-refractivity contribution in [1.82, 2.24) is 0 Å². The van der Waals surface area contributed by atoms with Gasteiger partial charge >= 0.3 is 0 Å². The molecule has 1 aromatic carbocycles. The van der Waals surface area contributed by atoms with E-state index >= 15 is 0 Å². The van der Waals surface area contributed by atoms with E-state index in [2.05, 4.69) is 12.2 Å². The standard InChI is InChI=1S/C16H23N3O/c1-9(13-7-10-2-3-11(13)6-10)19-15-5-4-12(16(18)20)8-14(15)17/h4-5,8-11,13,19H,2-3,6-7,17H2,1H3,(H2,18,20). The van der Waals surface area contributed by atoms with Gasteiger partial charge in [-0.15, -0.1) is 0 Å². The molecule has 4 unspecified atom stereocenters. The second-order valence-corrected chi connectivity index (χ2v) is 6.44. The van der Waals surface area contributed by atoms with Crippen LogP contribution in [-0.4, -0.2) is 11.9 Å². The van der Waals surface area contributed by atoms with E-state index in [-0.39, 0.29) is 0 Å². The molecule has 2 fully saturated rings. The minimum atomic E-state index is -0.440. The third-order valence-electron chi connectivity index (χ3n) is 5.15. The Bertz CT molecular complexity index is 528. The first-order chi connectivity index (χ1) is 9.54. The van der Waals surface area contributed by atoms with Gasteiger partial charge in [0.15, 0.2) is 0 Å². The van der Waals surface area contributed by atoms with E-state index in [9.17, 15) is 4.79 Å². The van der Waals surface area contributed by atoms with Crippen LogP contribution >= 0.6 is 0 Å². The fourth-order valence-electron chi connectivity index (χ4n) is 4.11. The lowest BCUT2D eigenvalue weighted by Crippen LogP contribution is -2.30. The van der Waals surface area contributed by atoms with Crippen LogP contribution in [-0.2, 0) is 0 Å². The highest BCUT2D eigenvalue weighted by molar-refractivity contribution is 5.94. The van der Waals surface area contributed by atoms with Gasteiger partial charge in [0.2, 0.25) is 5.91 Å². The van der Waals surface area contributed by atoms with Gasteiger partial charge in [0.05, 0.1) is 11.4 Å². The van der Waals surface area contributed by atoms with Crippen molar-refractivity contribution in [3.05, 3.63) is 23.8 Å². The summed E-state index contributed by atoms with van der Waals surface area (Å²) in [5.41, 5.74) is 13.2. The van der Waals surface area contributed by atoms with Crippen molar-refractivity contribution >= 4 is 17.3 Å². The maximum absolute atomic E-state index is 11.1. The summed E-state index contributed by atoms with van der Waals surface area (Å²) in [4.78, 5) is 11.1. The minimum absolute atomic E-state index is 0.423. The Balaban J connectivity index is 1.70. The Hall–Kier alpha value is -1.71. The van der Waals surface area contributed by atoms with Crippen molar-refractivity contribution in [2.45, 2.75) is 38.6 Å². The Morgan fingerprint density at radius 2 is 2.15 bits per heavy atom. The lowest BCUT2D eigenvalue weighted by atomic mass is 9.84. The largest absolute Gasteiger partial charge is 0.397 e. The van der Waals surface area contributed by atoms with Gasteiger partial charge in [-0.3, -0.25) is 4.79 Å². The number of nitrogens with two attached hydrogens (primary N) is 2. The molecule has 4 heteroatoms. The predicted molar refractivity (Wildman–Crippen MR) is 81.4 cm³/mol. The highest BCUT2D eigenvalue weighted by Crippen LogP contribution is 2.49. The molecule has 2 bridgehead atoms. The molecular formula is C16H23N3O. The molecule has 0 radical (unpaired) electrons. The van der Waals surface area contributed by atoms with Crippen molar-refractivity contribution in [3.8, 4) is 0 Å². The summed E-state index contributed by atoms with van der Waals surface area (Å²) >= 11 is 0. The van der Waals surface area contributed by atoms with E-state index in [4.69, 9.17) is 11.5 Å². The number of amides is 1. The van der Waals surface area contributed by atoms with Crippen LogP contribution in [0.1, 0.15) is 43.0 Å². The Labute approximate surface area is 119 Å². The van der Waals surface area contributed by atoms with Crippen LogP contribution in [0.4, 0.5) is 11.4 Å². The molecule has 0 aliphatic heterocycles. The van der Waals surface area contributed by atoms with E-state index in [1.54, 1.807) is 12.1 Å². The summed E-state index contributed by atoms with van der Waals surface area (Å²) in [6, 6.07) is 5.67. The molecule has 0 aromatic heterocycles. The van der Waals surface area contributed by atoms with Crippen molar-refractivity contribution < 1.29 is 4.79 Å². The highest BCUT2D eigenvalue weighted by atomic mass is 16.1. The minimum Gasteiger partial charge on any atom is -0.397 e. The molecule has 108 valence electrons. The predicted octanol–water partition coefficient (Wildman–Crippen LogP) is 2.60. The highest BCUT2D eigenvalue weighted by Gasteiger charge is 2.41. The van der Waals surface area contributed by atoms with E-state index in [0.717, 1.165) is 23.4 Å². The number of hydrogen-bond donors (Lipinski definition) is 3. The SMILES string of the molecule is CC(Nc1ccc(C(N)=O)cc1N)C1CC2CCC1C2. The molecule has 0 saturated heterocycles. The molecule has 4 nitrogen and oxygen atoms in total. The topological polar surface area (TPSA) is 81.1 Å². The fourth-order valence-corrected chi connectivity index (χ4v) is 4.11. The van der Waals surface area contributed by atoms with Crippen molar-refractivity contribution in [3.63, 3.8) is 0 Å². The van der Waals surface area contributed by atoms with Gasteiger partial charge in [0, 0.05) is 11.6 Å². The van der Waals surface area contributed by atoms with Gasteiger partial charge in [0.1, 0.15) is 0 Å². The number of carbonyl (C=O) groups is 1. The zero-order chi connectivity index (χ0) is 14.3. The van der Waals surface area contributed by atoms with Crippen LogP contribution in [0.15, 0.2) is 18.2 Å². The van der Waals surface area contributed by atoms with Crippen LogP contribution in [0.3, 0.4) is 0 Å². The molecule has 0 heterocycles. The zero-order valence-corrected chi connectivity index (χ0v) is 11.9. The number of anilines is 2. The maximum atomic E-state index is 11.1. The van der Waals surface area contributed by atoms with Gasteiger partial charge in [-0.1, -0.05) is 6.42 Å². The monoisotopic (exact) mass is 273 g/mol. The maximum Gasteiger partial charge on any atom is 0.248 e. The normalized spacial score (nSPS) is 29.4. The Morgan fingerprint density at radius 3 is 2.70 bits per heavy atom. The van der Waals surface area contributed by atoms with Crippen molar-refractivity contribution in [2.24, 2.45) is 23.5 Å². The quantitative estimate of drug-likeness (QED) is 0.738. The second kappa shape index (κ2) is 5.00. The summed E-state index contributed by atoms with van der Waals surface area (Å²) in [7, 11) is 0. The molecule has 1 amide bonds. The molecule has 0 spiro atoms. The van der Waals surface area contributed by atoms with Gasteiger partial charge < -0.3 is 16.8 Å². The lowest BCUT2D eigenvalue weighted by molar-refractivity contribution is 0.100. The summed E-state index contributed by atoms with van der Waals surface area (Å²) in [5.74, 6) is 2.14. The van der Waals surface area contributed by atoms with E-state index < -0.39 is 5.91 Å². The summed E-state index contributed by atoms with van der Waals surface area (Å²) in [6.07, 6.45) is 5.56. The molecule has 2 aliphatic rings. The number of primary amides is 1. The van der Waals surface area contributed by atoms with Crippen LogP contribution < -0.4 is 16.8 Å². The summed E-state index contributed by atoms with van der Waals surface area (Å²) < 4.78 is 0.